The maximum absolute atomic E-state index is 13.7. The Morgan fingerprint density at radius 3 is 2.55 bits per heavy atom. The summed E-state index contributed by atoms with van der Waals surface area (Å²) in [6.45, 7) is 3.52. The highest BCUT2D eigenvalue weighted by molar-refractivity contribution is 6.05. The highest BCUT2D eigenvalue weighted by atomic mass is 19.4. The van der Waals surface area contributed by atoms with E-state index >= 15 is 0 Å². The fourth-order valence-electron chi connectivity index (χ4n) is 4.41. The maximum atomic E-state index is 13.7. The van der Waals surface area contributed by atoms with Crippen LogP contribution in [-0.4, -0.2) is 41.0 Å². The van der Waals surface area contributed by atoms with Crippen LogP contribution in [-0.2, 0) is 6.18 Å². The molecule has 0 atom stereocenters. The second-order valence-corrected chi connectivity index (χ2v) is 10.0. The van der Waals surface area contributed by atoms with Crippen molar-refractivity contribution >= 4 is 29.0 Å². The molecule has 1 aliphatic carbocycles. The highest BCUT2D eigenvalue weighted by Crippen LogP contribution is 2.33. The van der Waals surface area contributed by atoms with Crippen LogP contribution in [0.3, 0.4) is 0 Å². The molecule has 3 N–H and O–H groups in total. The quantitative estimate of drug-likeness (QED) is 0.207. The molecule has 1 aliphatic rings. The van der Waals surface area contributed by atoms with E-state index in [1.807, 2.05) is 12.1 Å². The number of nitrogens with one attached hydrogen (secondary N) is 3. The Bertz CT molecular complexity index is 1770. The van der Waals surface area contributed by atoms with Crippen molar-refractivity contribution in [3.8, 4) is 11.5 Å². The van der Waals surface area contributed by atoms with Gasteiger partial charge in [-0.25, -0.2) is 19.9 Å². The van der Waals surface area contributed by atoms with Crippen molar-refractivity contribution in [3.05, 3.63) is 96.1 Å². The second-order valence-electron chi connectivity index (χ2n) is 10.0. The van der Waals surface area contributed by atoms with E-state index in [1.54, 1.807) is 49.1 Å². The first-order valence-corrected chi connectivity index (χ1v) is 13.2. The van der Waals surface area contributed by atoms with Crippen LogP contribution in [0.4, 0.5) is 36.3 Å². The largest absolute Gasteiger partial charge is 0.416 e. The molecule has 5 aromatic rings. The molecular weight excluding hydrogens is 547 g/mol. The van der Waals surface area contributed by atoms with E-state index < -0.39 is 17.6 Å². The lowest BCUT2D eigenvalue weighted by Crippen LogP contribution is -2.16. The Morgan fingerprint density at radius 2 is 1.81 bits per heavy atom. The molecule has 42 heavy (non-hydrogen) atoms. The molecule has 1 saturated carbocycles. The zero-order valence-electron chi connectivity index (χ0n) is 22.6. The number of carbonyl (C=O) groups excluding carboxylic acids is 1. The van der Waals surface area contributed by atoms with Crippen molar-refractivity contribution in [1.82, 2.24) is 29.1 Å². The third kappa shape index (κ3) is 5.80. The number of hydrogen-bond donors (Lipinski definition) is 3. The Labute approximate surface area is 238 Å². The van der Waals surface area contributed by atoms with Crippen LogP contribution in [0.1, 0.15) is 40.0 Å². The number of amides is 1. The minimum absolute atomic E-state index is 0.140. The van der Waals surface area contributed by atoms with Crippen molar-refractivity contribution in [2.24, 2.45) is 0 Å². The van der Waals surface area contributed by atoms with Gasteiger partial charge < -0.3 is 20.5 Å². The fraction of sp³-hybridized carbons (Fsp3) is 0.207. The number of imidazole rings is 2. The summed E-state index contributed by atoms with van der Waals surface area (Å²) in [7, 11) is 0. The average Bonchev–Trinajstić information content (AvgIpc) is 3.46. The van der Waals surface area contributed by atoms with Crippen molar-refractivity contribution in [1.29, 1.82) is 0 Å². The molecule has 1 fully saturated rings. The van der Waals surface area contributed by atoms with E-state index in [2.05, 4.69) is 35.9 Å². The number of aryl methyl sites for hydroxylation is 1. The smallest absolute Gasteiger partial charge is 0.367 e. The van der Waals surface area contributed by atoms with Gasteiger partial charge in [-0.15, -0.1) is 0 Å². The predicted molar refractivity (Wildman–Crippen MR) is 152 cm³/mol. The lowest BCUT2D eigenvalue weighted by molar-refractivity contribution is -0.137. The third-order valence-corrected chi connectivity index (χ3v) is 6.82. The van der Waals surface area contributed by atoms with E-state index in [9.17, 15) is 18.0 Å². The maximum Gasteiger partial charge on any atom is 0.416 e. The van der Waals surface area contributed by atoms with E-state index in [-0.39, 0.29) is 11.3 Å². The Balaban J connectivity index is 1.25. The van der Waals surface area contributed by atoms with E-state index in [1.165, 1.54) is 23.3 Å². The van der Waals surface area contributed by atoms with Gasteiger partial charge in [0.1, 0.15) is 18.0 Å². The molecule has 13 heteroatoms. The summed E-state index contributed by atoms with van der Waals surface area (Å²) >= 11 is 0. The fourth-order valence-corrected chi connectivity index (χ4v) is 4.41. The monoisotopic (exact) mass is 573 g/mol. The molecule has 0 saturated heterocycles. The average molecular weight is 574 g/mol. The summed E-state index contributed by atoms with van der Waals surface area (Å²) in [6.07, 6.45) is 5.46. The number of alkyl halides is 3. The number of halogens is 3. The van der Waals surface area contributed by atoms with Crippen molar-refractivity contribution in [3.63, 3.8) is 0 Å². The molecule has 3 heterocycles. The van der Waals surface area contributed by atoms with Crippen LogP contribution in [0.2, 0.25) is 0 Å². The third-order valence-electron chi connectivity index (χ3n) is 6.82. The molecule has 6 rings (SSSR count). The summed E-state index contributed by atoms with van der Waals surface area (Å²) in [5, 5.41) is 9.38. The summed E-state index contributed by atoms with van der Waals surface area (Å²) in [5.74, 6) is 1.14. The van der Waals surface area contributed by atoms with Crippen LogP contribution >= 0.6 is 0 Å². The van der Waals surface area contributed by atoms with Crippen LogP contribution < -0.4 is 16.0 Å². The zero-order chi connectivity index (χ0) is 29.4. The summed E-state index contributed by atoms with van der Waals surface area (Å²) < 4.78 is 44.3. The van der Waals surface area contributed by atoms with Gasteiger partial charge in [0.2, 0.25) is 5.95 Å². The van der Waals surface area contributed by atoms with E-state index in [0.29, 0.717) is 40.4 Å². The van der Waals surface area contributed by atoms with Crippen molar-refractivity contribution < 1.29 is 18.0 Å². The lowest BCUT2D eigenvalue weighted by Gasteiger charge is -2.16. The van der Waals surface area contributed by atoms with Gasteiger partial charge in [-0.05, 0) is 62.6 Å². The first-order valence-electron chi connectivity index (χ1n) is 13.2. The molecule has 1 amide bonds. The minimum Gasteiger partial charge on any atom is -0.367 e. The molecular formula is C29H26F3N9O. The summed E-state index contributed by atoms with van der Waals surface area (Å²) in [6, 6.07) is 10.7. The molecule has 0 bridgehead atoms. The summed E-state index contributed by atoms with van der Waals surface area (Å²) in [5.41, 5.74) is 1.47. The topological polar surface area (TPSA) is 115 Å². The SMILES string of the molecule is Cc1cn(-c2cc(C(=O)Nc3cccc(Nc4nccn4-c4cc(NC5CC5)ncn4)c3C)cc(C(F)(F)F)c2)cn1. The molecule has 0 spiro atoms. The Morgan fingerprint density at radius 1 is 1.00 bits per heavy atom. The van der Waals surface area contributed by atoms with Crippen LogP contribution in [0.5, 0.6) is 0 Å². The molecule has 2 aromatic carbocycles. The zero-order valence-corrected chi connectivity index (χ0v) is 22.6. The molecule has 214 valence electrons. The van der Waals surface area contributed by atoms with Gasteiger partial charge in [0.15, 0.2) is 0 Å². The first-order chi connectivity index (χ1) is 20.1. The van der Waals surface area contributed by atoms with Gasteiger partial charge in [0, 0.05) is 53.3 Å². The van der Waals surface area contributed by atoms with Gasteiger partial charge in [0.25, 0.3) is 5.91 Å². The predicted octanol–water partition coefficient (Wildman–Crippen LogP) is 6.05. The molecule has 0 unspecified atom stereocenters. The number of nitrogens with zero attached hydrogens (tertiary/aromatic N) is 6. The van der Waals surface area contributed by atoms with Crippen LogP contribution in [0, 0.1) is 13.8 Å². The van der Waals surface area contributed by atoms with Gasteiger partial charge in [-0.2, -0.15) is 13.2 Å². The van der Waals surface area contributed by atoms with Crippen molar-refractivity contribution in [2.45, 2.75) is 38.9 Å². The standard InChI is InChI=1S/C29H26F3N9O/c1-17-14-40(16-36-17)22-11-19(10-20(12-22)29(30,31)32)27(42)38-23-4-3-5-24(18(23)2)39-28-33-8-9-41(28)26-13-25(34-15-35-26)37-21-6-7-21/h3-5,8-16,21H,6-7H2,1-2H3,(H,33,39)(H,38,42)(H,34,35,37). The van der Waals surface area contributed by atoms with E-state index in [4.69, 9.17) is 0 Å². The van der Waals surface area contributed by atoms with Gasteiger partial charge in [-0.3, -0.25) is 9.36 Å². The number of hydrogen-bond acceptors (Lipinski definition) is 7. The lowest BCUT2D eigenvalue weighted by atomic mass is 10.1. The molecule has 10 nitrogen and oxygen atoms in total. The minimum atomic E-state index is -4.64. The molecule has 0 radical (unpaired) electrons. The number of anilines is 4. The van der Waals surface area contributed by atoms with Gasteiger partial charge in [0.05, 0.1) is 17.6 Å². The number of aromatic nitrogens is 6. The van der Waals surface area contributed by atoms with Crippen LogP contribution in [0.15, 0.2) is 73.7 Å². The van der Waals surface area contributed by atoms with Gasteiger partial charge in [-0.1, -0.05) is 6.07 Å². The number of benzene rings is 2. The number of rotatable bonds is 8. The summed E-state index contributed by atoms with van der Waals surface area (Å²) in [4.78, 5) is 30.4. The number of carbonyl (C=O) groups is 1. The molecule has 0 aliphatic heterocycles. The Hall–Kier alpha value is -5.20. The van der Waals surface area contributed by atoms with Crippen LogP contribution in [0.25, 0.3) is 11.5 Å². The molecule has 3 aromatic heterocycles. The first kappa shape index (κ1) is 27.0. The van der Waals surface area contributed by atoms with Gasteiger partial charge >= 0.3 is 6.18 Å². The second kappa shape index (κ2) is 10.7. The Kier molecular flexibility index (Phi) is 6.85. The highest BCUT2D eigenvalue weighted by Gasteiger charge is 2.32. The normalized spacial score (nSPS) is 13.2. The van der Waals surface area contributed by atoms with Crippen molar-refractivity contribution in [2.75, 3.05) is 16.0 Å². The van der Waals surface area contributed by atoms with E-state index in [0.717, 1.165) is 30.8 Å².